The first-order valence-electron chi connectivity index (χ1n) is 12.5. The van der Waals surface area contributed by atoms with Crippen LogP contribution in [0, 0.1) is 6.92 Å². The quantitative estimate of drug-likeness (QED) is 0.256. The lowest BCUT2D eigenvalue weighted by molar-refractivity contribution is -0.130. The SMILES string of the molecule is COc1ccc(CN2C(=O)C(O)=C(C(=O)c3sc(-c4ccccc4)nc3C)C2c2ccc(OC)c(OC)c2)cc1. The van der Waals surface area contributed by atoms with E-state index in [9.17, 15) is 14.7 Å². The van der Waals surface area contributed by atoms with E-state index in [0.717, 1.165) is 11.1 Å². The Morgan fingerprint density at radius 2 is 1.65 bits per heavy atom. The molecule has 4 aromatic rings. The molecule has 1 amide bonds. The highest BCUT2D eigenvalue weighted by molar-refractivity contribution is 7.17. The highest BCUT2D eigenvalue weighted by Gasteiger charge is 2.44. The van der Waals surface area contributed by atoms with Crippen molar-refractivity contribution in [1.82, 2.24) is 9.88 Å². The third-order valence-corrected chi connectivity index (χ3v) is 8.01. The molecule has 0 aliphatic carbocycles. The summed E-state index contributed by atoms with van der Waals surface area (Å²) in [6.07, 6.45) is 0. The third kappa shape index (κ3) is 4.91. The van der Waals surface area contributed by atoms with Crippen molar-refractivity contribution in [1.29, 1.82) is 0 Å². The van der Waals surface area contributed by atoms with Gasteiger partial charge in [0.05, 0.1) is 43.5 Å². The van der Waals surface area contributed by atoms with Crippen LogP contribution in [0.5, 0.6) is 17.2 Å². The fraction of sp³-hybridized carbons (Fsp3) is 0.194. The van der Waals surface area contributed by atoms with Crippen LogP contribution in [0.25, 0.3) is 10.6 Å². The lowest BCUT2D eigenvalue weighted by Gasteiger charge is -2.27. The number of aromatic nitrogens is 1. The summed E-state index contributed by atoms with van der Waals surface area (Å²) in [6.45, 7) is 1.91. The van der Waals surface area contributed by atoms with Gasteiger partial charge in [0, 0.05) is 12.1 Å². The maximum Gasteiger partial charge on any atom is 0.290 e. The summed E-state index contributed by atoms with van der Waals surface area (Å²) in [5.41, 5.74) is 2.81. The van der Waals surface area contributed by atoms with Crippen LogP contribution in [0.4, 0.5) is 0 Å². The number of aliphatic hydroxyl groups excluding tert-OH is 1. The van der Waals surface area contributed by atoms with Gasteiger partial charge in [-0.25, -0.2) is 4.98 Å². The molecule has 40 heavy (non-hydrogen) atoms. The van der Waals surface area contributed by atoms with Crippen molar-refractivity contribution in [2.45, 2.75) is 19.5 Å². The molecular weight excluding hydrogens is 528 g/mol. The normalized spacial score (nSPS) is 14.9. The number of amides is 1. The lowest BCUT2D eigenvalue weighted by Crippen LogP contribution is -2.30. The number of Topliss-reactive ketones (excluding diaryl/α,β-unsaturated/α-hetero) is 1. The number of nitrogens with zero attached hydrogens (tertiary/aromatic N) is 2. The number of methoxy groups -OCH3 is 3. The fourth-order valence-electron chi connectivity index (χ4n) is 4.78. The van der Waals surface area contributed by atoms with Crippen molar-refractivity contribution >= 4 is 23.0 Å². The van der Waals surface area contributed by atoms with Crippen molar-refractivity contribution in [3.05, 3.63) is 106 Å². The van der Waals surface area contributed by atoms with Gasteiger partial charge < -0.3 is 24.2 Å². The van der Waals surface area contributed by atoms with Gasteiger partial charge in [0.15, 0.2) is 17.3 Å². The zero-order valence-electron chi connectivity index (χ0n) is 22.5. The Bertz CT molecular complexity index is 1590. The fourth-order valence-corrected chi connectivity index (χ4v) is 5.81. The molecule has 204 valence electrons. The third-order valence-electron chi connectivity index (χ3n) is 6.81. The molecule has 2 heterocycles. The van der Waals surface area contributed by atoms with E-state index in [1.807, 2.05) is 42.5 Å². The van der Waals surface area contributed by atoms with Gasteiger partial charge in [-0.15, -0.1) is 11.3 Å². The summed E-state index contributed by atoms with van der Waals surface area (Å²) in [4.78, 5) is 34.1. The van der Waals surface area contributed by atoms with Crippen molar-refractivity contribution < 1.29 is 28.9 Å². The Balaban J connectivity index is 1.59. The summed E-state index contributed by atoms with van der Waals surface area (Å²) in [6, 6.07) is 21.2. The molecule has 5 rings (SSSR count). The summed E-state index contributed by atoms with van der Waals surface area (Å²) in [5.74, 6) is -0.0315. The van der Waals surface area contributed by atoms with Crippen LogP contribution in [0.1, 0.15) is 32.5 Å². The van der Waals surface area contributed by atoms with Gasteiger partial charge in [-0.3, -0.25) is 9.59 Å². The Hall–Kier alpha value is -4.63. The van der Waals surface area contributed by atoms with Crippen LogP contribution in [-0.4, -0.2) is 48.0 Å². The molecule has 8 nitrogen and oxygen atoms in total. The van der Waals surface area contributed by atoms with Gasteiger partial charge >= 0.3 is 0 Å². The Kier molecular flexibility index (Phi) is 7.57. The molecule has 0 radical (unpaired) electrons. The molecule has 1 atom stereocenters. The van der Waals surface area contributed by atoms with Crippen molar-refractivity contribution in [3.63, 3.8) is 0 Å². The van der Waals surface area contributed by atoms with E-state index in [1.54, 1.807) is 44.4 Å². The highest BCUT2D eigenvalue weighted by Crippen LogP contribution is 2.43. The van der Waals surface area contributed by atoms with Gasteiger partial charge in [-0.1, -0.05) is 48.5 Å². The second-order valence-electron chi connectivity index (χ2n) is 9.19. The number of carbonyl (C=O) groups excluding carboxylic acids is 2. The van der Waals surface area contributed by atoms with Crippen LogP contribution in [0.2, 0.25) is 0 Å². The minimum atomic E-state index is -0.872. The van der Waals surface area contributed by atoms with Crippen LogP contribution >= 0.6 is 11.3 Å². The van der Waals surface area contributed by atoms with E-state index in [-0.39, 0.29) is 12.1 Å². The number of hydrogen-bond donors (Lipinski definition) is 1. The highest BCUT2D eigenvalue weighted by atomic mass is 32.1. The summed E-state index contributed by atoms with van der Waals surface area (Å²) >= 11 is 1.24. The van der Waals surface area contributed by atoms with Gasteiger partial charge in [0.1, 0.15) is 10.8 Å². The van der Waals surface area contributed by atoms with Gasteiger partial charge in [-0.05, 0) is 42.3 Å². The topological polar surface area (TPSA) is 98.2 Å². The standard InChI is InChI=1S/C31H28N2O6S/c1-18-29(40-30(32-18)20-8-6-5-7-9-20)27(34)25-26(21-12-15-23(38-3)24(16-21)39-4)33(31(36)28(25)35)17-19-10-13-22(37-2)14-11-19/h5-16,26,35H,17H2,1-4H3. The molecule has 0 spiro atoms. The number of thiazole rings is 1. The Morgan fingerprint density at radius 1 is 0.950 bits per heavy atom. The molecule has 0 saturated carbocycles. The average molecular weight is 557 g/mol. The average Bonchev–Trinajstić information content (AvgIpc) is 3.50. The van der Waals surface area contributed by atoms with Crippen LogP contribution in [0.15, 0.2) is 84.1 Å². The number of hydrogen-bond acceptors (Lipinski definition) is 8. The van der Waals surface area contributed by atoms with Crippen LogP contribution < -0.4 is 14.2 Å². The first-order valence-corrected chi connectivity index (χ1v) is 13.3. The molecule has 1 unspecified atom stereocenters. The van der Waals surface area contributed by atoms with Crippen molar-refractivity contribution in [2.75, 3.05) is 21.3 Å². The number of rotatable bonds is 9. The van der Waals surface area contributed by atoms with E-state index in [0.29, 0.717) is 38.4 Å². The largest absolute Gasteiger partial charge is 0.503 e. The van der Waals surface area contributed by atoms with Gasteiger partial charge in [0.25, 0.3) is 5.91 Å². The maximum atomic E-state index is 14.1. The minimum absolute atomic E-state index is 0.00269. The van der Waals surface area contributed by atoms with E-state index in [1.165, 1.54) is 30.5 Å². The maximum absolute atomic E-state index is 14.1. The minimum Gasteiger partial charge on any atom is -0.503 e. The summed E-state index contributed by atoms with van der Waals surface area (Å²) in [5, 5.41) is 11.9. The molecule has 0 saturated heterocycles. The molecule has 1 aliphatic heterocycles. The molecule has 1 aromatic heterocycles. The molecule has 3 aromatic carbocycles. The Labute approximate surface area is 236 Å². The van der Waals surface area contributed by atoms with Crippen molar-refractivity contribution in [3.8, 4) is 27.8 Å². The van der Waals surface area contributed by atoms with E-state index < -0.39 is 23.5 Å². The van der Waals surface area contributed by atoms with Crippen LogP contribution in [0.3, 0.4) is 0 Å². The predicted molar refractivity (Wildman–Crippen MR) is 152 cm³/mol. The molecule has 0 bridgehead atoms. The number of ketones is 1. The second kappa shape index (κ2) is 11.2. The zero-order valence-corrected chi connectivity index (χ0v) is 23.3. The van der Waals surface area contributed by atoms with Crippen LogP contribution in [-0.2, 0) is 11.3 Å². The molecule has 9 heteroatoms. The van der Waals surface area contributed by atoms with Crippen molar-refractivity contribution in [2.24, 2.45) is 0 Å². The molecule has 1 aliphatic rings. The number of aliphatic hydroxyl groups is 1. The smallest absolute Gasteiger partial charge is 0.290 e. The van der Waals surface area contributed by atoms with E-state index in [2.05, 4.69) is 4.98 Å². The predicted octanol–water partition coefficient (Wildman–Crippen LogP) is 5.92. The van der Waals surface area contributed by atoms with E-state index >= 15 is 0 Å². The number of ether oxygens (including phenoxy) is 3. The number of benzene rings is 3. The first kappa shape index (κ1) is 27.0. The van der Waals surface area contributed by atoms with Gasteiger partial charge in [-0.2, -0.15) is 0 Å². The van der Waals surface area contributed by atoms with E-state index in [4.69, 9.17) is 14.2 Å². The number of aryl methyl sites for hydroxylation is 1. The zero-order chi connectivity index (χ0) is 28.4. The number of carbonyl (C=O) groups is 2. The first-order chi connectivity index (χ1) is 19.4. The lowest BCUT2D eigenvalue weighted by atomic mass is 9.94. The molecule has 0 fully saturated rings. The second-order valence-corrected chi connectivity index (χ2v) is 10.2. The monoisotopic (exact) mass is 556 g/mol. The summed E-state index contributed by atoms with van der Waals surface area (Å²) < 4.78 is 16.2. The summed E-state index contributed by atoms with van der Waals surface area (Å²) in [7, 11) is 4.63. The molecular formula is C31H28N2O6S. The Morgan fingerprint density at radius 3 is 2.30 bits per heavy atom. The van der Waals surface area contributed by atoms with Gasteiger partial charge in [0.2, 0.25) is 5.78 Å². The molecule has 1 N–H and O–H groups in total.